The molecule has 0 unspecified atom stereocenters. The van der Waals surface area contributed by atoms with E-state index >= 15 is 0 Å². The van der Waals surface area contributed by atoms with Crippen LogP contribution in [0.25, 0.3) is 11.0 Å². The molecule has 1 aliphatic rings. The van der Waals surface area contributed by atoms with E-state index in [2.05, 4.69) is 48.3 Å². The molecule has 0 radical (unpaired) electrons. The van der Waals surface area contributed by atoms with Gasteiger partial charge in [-0.15, -0.1) is 0 Å². The smallest absolute Gasteiger partial charge is 0.191 e. The summed E-state index contributed by atoms with van der Waals surface area (Å²) in [6.07, 6.45) is 7.04. The van der Waals surface area contributed by atoms with Crippen molar-refractivity contribution in [3.8, 4) is 0 Å². The van der Waals surface area contributed by atoms with Gasteiger partial charge in [-0.3, -0.25) is 4.99 Å². The van der Waals surface area contributed by atoms with Crippen LogP contribution in [-0.4, -0.2) is 60.2 Å². The normalized spacial score (nSPS) is 16.3. The quantitative estimate of drug-likeness (QED) is 0.459. The highest BCUT2D eigenvalue weighted by Gasteiger charge is 2.09. The van der Waals surface area contributed by atoms with Crippen LogP contribution in [0.3, 0.4) is 0 Å². The number of para-hydroxylation sites is 2. The molecule has 0 bridgehead atoms. The number of imidazole rings is 1. The SMILES string of the molecule is CN=C(NCCCn1cnc2ccccc21)NCCN1CCCCC1. The number of aliphatic imine (C=N–C) groups is 1. The second-order valence-electron chi connectivity index (χ2n) is 6.61. The summed E-state index contributed by atoms with van der Waals surface area (Å²) in [5.41, 5.74) is 2.26. The van der Waals surface area contributed by atoms with Crippen molar-refractivity contribution < 1.29 is 0 Å². The Kier molecular flexibility index (Phi) is 6.68. The van der Waals surface area contributed by atoms with E-state index < -0.39 is 0 Å². The Balaban J connectivity index is 1.34. The highest BCUT2D eigenvalue weighted by Crippen LogP contribution is 2.11. The number of aryl methyl sites for hydroxylation is 1. The fraction of sp³-hybridized carbons (Fsp3) is 0.579. The Labute approximate surface area is 150 Å². The summed E-state index contributed by atoms with van der Waals surface area (Å²) in [6.45, 7) is 6.39. The molecule has 1 aromatic heterocycles. The molecule has 3 rings (SSSR count). The van der Waals surface area contributed by atoms with Gasteiger partial charge in [0.15, 0.2) is 5.96 Å². The van der Waals surface area contributed by atoms with Crippen LogP contribution >= 0.6 is 0 Å². The van der Waals surface area contributed by atoms with Crippen molar-refractivity contribution in [1.29, 1.82) is 0 Å². The molecule has 0 aliphatic carbocycles. The number of piperidine rings is 1. The fourth-order valence-electron chi connectivity index (χ4n) is 3.38. The summed E-state index contributed by atoms with van der Waals surface area (Å²) in [5.74, 6) is 0.896. The minimum atomic E-state index is 0.896. The average molecular weight is 342 g/mol. The third-order valence-electron chi connectivity index (χ3n) is 4.79. The van der Waals surface area contributed by atoms with E-state index in [0.29, 0.717) is 0 Å². The summed E-state index contributed by atoms with van der Waals surface area (Å²) in [5, 5.41) is 6.82. The van der Waals surface area contributed by atoms with E-state index in [-0.39, 0.29) is 0 Å². The Morgan fingerprint density at radius 1 is 1.08 bits per heavy atom. The molecule has 0 spiro atoms. The number of nitrogens with zero attached hydrogens (tertiary/aromatic N) is 4. The van der Waals surface area contributed by atoms with Gasteiger partial charge < -0.3 is 20.1 Å². The van der Waals surface area contributed by atoms with Gasteiger partial charge in [-0.2, -0.15) is 0 Å². The Hall–Kier alpha value is -2.08. The number of likely N-dealkylation sites (tertiary alicyclic amines) is 1. The number of hydrogen-bond donors (Lipinski definition) is 2. The average Bonchev–Trinajstić information content (AvgIpc) is 3.08. The van der Waals surface area contributed by atoms with Crippen LogP contribution in [0.15, 0.2) is 35.6 Å². The van der Waals surface area contributed by atoms with Gasteiger partial charge in [0.2, 0.25) is 0 Å². The molecule has 2 heterocycles. The molecule has 1 aromatic carbocycles. The van der Waals surface area contributed by atoms with Gasteiger partial charge >= 0.3 is 0 Å². The standard InChI is InChI=1S/C19H30N6/c1-20-19(22-11-15-24-12-5-2-6-13-24)21-10-7-14-25-16-23-17-8-3-4-9-18(17)25/h3-4,8-9,16H,2,5-7,10-15H2,1H3,(H2,20,21,22). The fourth-order valence-corrected chi connectivity index (χ4v) is 3.38. The van der Waals surface area contributed by atoms with E-state index in [1.165, 1.54) is 37.9 Å². The van der Waals surface area contributed by atoms with Gasteiger partial charge in [0.25, 0.3) is 0 Å². The molecule has 25 heavy (non-hydrogen) atoms. The number of fused-ring (bicyclic) bond motifs is 1. The molecule has 136 valence electrons. The molecule has 6 nitrogen and oxygen atoms in total. The first kappa shape index (κ1) is 17.7. The van der Waals surface area contributed by atoms with Gasteiger partial charge in [0, 0.05) is 33.2 Å². The molecular weight excluding hydrogens is 312 g/mol. The van der Waals surface area contributed by atoms with Crippen molar-refractivity contribution in [1.82, 2.24) is 25.1 Å². The molecule has 1 fully saturated rings. The number of rotatable bonds is 7. The van der Waals surface area contributed by atoms with E-state index in [1.807, 2.05) is 19.4 Å². The van der Waals surface area contributed by atoms with Crippen molar-refractivity contribution in [2.45, 2.75) is 32.2 Å². The molecule has 6 heteroatoms. The molecule has 2 N–H and O–H groups in total. The second kappa shape index (κ2) is 9.42. The third kappa shape index (κ3) is 5.19. The van der Waals surface area contributed by atoms with Crippen LogP contribution in [0.1, 0.15) is 25.7 Å². The van der Waals surface area contributed by atoms with Crippen molar-refractivity contribution >= 4 is 17.0 Å². The van der Waals surface area contributed by atoms with Crippen molar-refractivity contribution in [2.24, 2.45) is 4.99 Å². The zero-order valence-corrected chi connectivity index (χ0v) is 15.2. The zero-order valence-electron chi connectivity index (χ0n) is 15.2. The van der Waals surface area contributed by atoms with Crippen molar-refractivity contribution in [3.05, 3.63) is 30.6 Å². The van der Waals surface area contributed by atoms with E-state index in [4.69, 9.17) is 0 Å². The first-order chi connectivity index (χ1) is 12.4. The lowest BCUT2D eigenvalue weighted by atomic mass is 10.1. The molecular formula is C19H30N6. The molecule has 1 aliphatic heterocycles. The third-order valence-corrected chi connectivity index (χ3v) is 4.79. The van der Waals surface area contributed by atoms with Crippen LogP contribution < -0.4 is 10.6 Å². The molecule has 0 atom stereocenters. The minimum Gasteiger partial charge on any atom is -0.356 e. The monoisotopic (exact) mass is 342 g/mol. The molecule has 1 saturated heterocycles. The van der Waals surface area contributed by atoms with Crippen LogP contribution in [0.2, 0.25) is 0 Å². The predicted octanol–water partition coefficient (Wildman–Crippen LogP) is 2.08. The van der Waals surface area contributed by atoms with Gasteiger partial charge in [-0.05, 0) is 44.5 Å². The van der Waals surface area contributed by atoms with E-state index in [1.54, 1.807) is 0 Å². The number of hydrogen-bond acceptors (Lipinski definition) is 3. The highest BCUT2D eigenvalue weighted by molar-refractivity contribution is 5.79. The Morgan fingerprint density at radius 2 is 1.88 bits per heavy atom. The van der Waals surface area contributed by atoms with Crippen molar-refractivity contribution in [3.63, 3.8) is 0 Å². The second-order valence-corrected chi connectivity index (χ2v) is 6.61. The molecule has 2 aromatic rings. The summed E-state index contributed by atoms with van der Waals surface area (Å²) in [7, 11) is 1.83. The molecule has 0 amide bonds. The van der Waals surface area contributed by atoms with Gasteiger partial charge in [-0.1, -0.05) is 18.6 Å². The van der Waals surface area contributed by atoms with Gasteiger partial charge in [-0.25, -0.2) is 4.98 Å². The first-order valence-electron chi connectivity index (χ1n) is 9.43. The lowest BCUT2D eigenvalue weighted by Crippen LogP contribution is -2.43. The van der Waals surface area contributed by atoms with Gasteiger partial charge in [0.1, 0.15) is 0 Å². The minimum absolute atomic E-state index is 0.896. The summed E-state index contributed by atoms with van der Waals surface area (Å²) in [4.78, 5) is 11.3. The number of guanidine groups is 1. The van der Waals surface area contributed by atoms with Gasteiger partial charge in [0.05, 0.1) is 17.4 Å². The van der Waals surface area contributed by atoms with E-state index in [9.17, 15) is 0 Å². The number of aromatic nitrogens is 2. The van der Waals surface area contributed by atoms with Crippen LogP contribution in [0.5, 0.6) is 0 Å². The highest BCUT2D eigenvalue weighted by atomic mass is 15.2. The van der Waals surface area contributed by atoms with Crippen molar-refractivity contribution in [2.75, 3.05) is 39.8 Å². The number of nitrogens with one attached hydrogen (secondary N) is 2. The van der Waals surface area contributed by atoms with Crippen LogP contribution in [0, 0.1) is 0 Å². The Bertz CT molecular complexity index is 671. The largest absolute Gasteiger partial charge is 0.356 e. The zero-order chi connectivity index (χ0) is 17.3. The van der Waals surface area contributed by atoms with E-state index in [0.717, 1.165) is 44.1 Å². The topological polar surface area (TPSA) is 57.5 Å². The maximum atomic E-state index is 4.44. The summed E-state index contributed by atoms with van der Waals surface area (Å²) < 4.78 is 2.21. The lowest BCUT2D eigenvalue weighted by Gasteiger charge is -2.26. The lowest BCUT2D eigenvalue weighted by molar-refractivity contribution is 0.232. The number of benzene rings is 1. The summed E-state index contributed by atoms with van der Waals surface area (Å²) >= 11 is 0. The maximum absolute atomic E-state index is 4.44. The predicted molar refractivity (Wildman–Crippen MR) is 104 cm³/mol. The summed E-state index contributed by atoms with van der Waals surface area (Å²) in [6, 6.07) is 8.27. The molecule has 0 saturated carbocycles. The Morgan fingerprint density at radius 3 is 2.72 bits per heavy atom. The maximum Gasteiger partial charge on any atom is 0.191 e. The van der Waals surface area contributed by atoms with Crippen LogP contribution in [0.4, 0.5) is 0 Å². The first-order valence-corrected chi connectivity index (χ1v) is 9.43. The van der Waals surface area contributed by atoms with Crippen LogP contribution in [-0.2, 0) is 6.54 Å².